The van der Waals surface area contributed by atoms with E-state index in [0.717, 1.165) is 25.7 Å². The molecule has 84 valence electrons. The van der Waals surface area contributed by atoms with E-state index in [2.05, 4.69) is 10.1 Å². The summed E-state index contributed by atoms with van der Waals surface area (Å²) < 4.78 is 10.4. The van der Waals surface area contributed by atoms with E-state index >= 15 is 0 Å². The molecule has 0 bridgehead atoms. The van der Waals surface area contributed by atoms with E-state index in [0.29, 0.717) is 17.5 Å². The van der Waals surface area contributed by atoms with Crippen LogP contribution in [0.15, 0.2) is 27.3 Å². The van der Waals surface area contributed by atoms with Crippen LogP contribution in [0.3, 0.4) is 0 Å². The number of nitrogens with two attached hydrogens (primary N) is 1. The van der Waals surface area contributed by atoms with Crippen molar-refractivity contribution in [2.75, 3.05) is 0 Å². The second kappa shape index (κ2) is 3.45. The molecule has 0 aromatic carbocycles. The third kappa shape index (κ3) is 1.44. The van der Waals surface area contributed by atoms with Gasteiger partial charge in [0, 0.05) is 0 Å². The van der Waals surface area contributed by atoms with Crippen LogP contribution in [-0.2, 0) is 5.54 Å². The first-order chi connectivity index (χ1) is 7.78. The van der Waals surface area contributed by atoms with Gasteiger partial charge in [0.15, 0.2) is 5.76 Å². The Hall–Kier alpha value is -1.62. The summed E-state index contributed by atoms with van der Waals surface area (Å²) in [5, 5.41) is 3.89. The van der Waals surface area contributed by atoms with Crippen molar-refractivity contribution in [2.24, 2.45) is 5.73 Å². The fourth-order valence-corrected chi connectivity index (χ4v) is 2.15. The van der Waals surface area contributed by atoms with E-state index in [4.69, 9.17) is 14.7 Å². The molecule has 2 aromatic rings. The monoisotopic (exact) mass is 219 g/mol. The molecule has 1 aliphatic carbocycles. The van der Waals surface area contributed by atoms with Crippen LogP contribution in [0.2, 0.25) is 0 Å². The molecular formula is C11H13N3O2. The number of aromatic nitrogens is 2. The molecule has 5 heteroatoms. The predicted octanol–water partition coefficient (Wildman–Crippen LogP) is 2.06. The van der Waals surface area contributed by atoms with Gasteiger partial charge in [0.2, 0.25) is 11.7 Å². The van der Waals surface area contributed by atoms with Crippen LogP contribution in [0, 0.1) is 0 Å². The van der Waals surface area contributed by atoms with Crippen molar-refractivity contribution in [1.82, 2.24) is 10.1 Å². The van der Waals surface area contributed by atoms with Crippen LogP contribution in [0.4, 0.5) is 0 Å². The second-order valence-corrected chi connectivity index (χ2v) is 4.26. The molecule has 3 rings (SSSR count). The van der Waals surface area contributed by atoms with E-state index in [1.54, 1.807) is 18.4 Å². The predicted molar refractivity (Wildman–Crippen MR) is 56.3 cm³/mol. The summed E-state index contributed by atoms with van der Waals surface area (Å²) in [4.78, 5) is 4.31. The fraction of sp³-hybridized carbons (Fsp3) is 0.455. The molecular weight excluding hydrogens is 206 g/mol. The number of hydrogen-bond acceptors (Lipinski definition) is 5. The molecule has 0 spiro atoms. The van der Waals surface area contributed by atoms with Gasteiger partial charge < -0.3 is 14.7 Å². The lowest BCUT2D eigenvalue weighted by atomic mass is 9.99. The van der Waals surface area contributed by atoms with Crippen molar-refractivity contribution in [3.63, 3.8) is 0 Å². The zero-order valence-electron chi connectivity index (χ0n) is 8.85. The van der Waals surface area contributed by atoms with Gasteiger partial charge >= 0.3 is 0 Å². The van der Waals surface area contributed by atoms with Crippen LogP contribution >= 0.6 is 0 Å². The minimum Gasteiger partial charge on any atom is -0.461 e. The molecule has 16 heavy (non-hydrogen) atoms. The number of hydrogen-bond donors (Lipinski definition) is 1. The van der Waals surface area contributed by atoms with Gasteiger partial charge in [-0.2, -0.15) is 4.98 Å². The lowest BCUT2D eigenvalue weighted by Gasteiger charge is -2.16. The van der Waals surface area contributed by atoms with Crippen LogP contribution in [-0.4, -0.2) is 10.1 Å². The number of furan rings is 1. The Labute approximate surface area is 92.6 Å². The van der Waals surface area contributed by atoms with Gasteiger partial charge in [-0.05, 0) is 25.0 Å². The molecule has 2 heterocycles. The van der Waals surface area contributed by atoms with Crippen LogP contribution in [0.25, 0.3) is 11.6 Å². The summed E-state index contributed by atoms with van der Waals surface area (Å²) in [5.74, 6) is 1.60. The van der Waals surface area contributed by atoms with Gasteiger partial charge in [0.1, 0.15) is 0 Å². The van der Waals surface area contributed by atoms with E-state index in [-0.39, 0.29) is 0 Å². The average molecular weight is 219 g/mol. The molecule has 5 nitrogen and oxygen atoms in total. The normalized spacial score (nSPS) is 19.1. The largest absolute Gasteiger partial charge is 0.461 e. The van der Waals surface area contributed by atoms with Gasteiger partial charge in [0.05, 0.1) is 11.8 Å². The van der Waals surface area contributed by atoms with Gasteiger partial charge in [-0.15, -0.1) is 0 Å². The van der Waals surface area contributed by atoms with Crippen molar-refractivity contribution in [3.8, 4) is 11.6 Å². The van der Waals surface area contributed by atoms with E-state index < -0.39 is 5.54 Å². The Morgan fingerprint density at radius 2 is 2.12 bits per heavy atom. The second-order valence-electron chi connectivity index (χ2n) is 4.26. The summed E-state index contributed by atoms with van der Waals surface area (Å²) in [5.41, 5.74) is 5.79. The summed E-state index contributed by atoms with van der Waals surface area (Å²) in [6.45, 7) is 0. The van der Waals surface area contributed by atoms with Crippen molar-refractivity contribution >= 4 is 0 Å². The van der Waals surface area contributed by atoms with Gasteiger partial charge in [-0.25, -0.2) is 0 Å². The molecule has 2 N–H and O–H groups in total. The van der Waals surface area contributed by atoms with Crippen LogP contribution in [0.1, 0.15) is 31.6 Å². The molecule has 0 atom stereocenters. The Kier molecular flexibility index (Phi) is 2.07. The molecule has 1 aliphatic rings. The minimum absolute atomic E-state index is 0.433. The molecule has 0 unspecified atom stereocenters. The zero-order chi connectivity index (χ0) is 11.0. The smallest absolute Gasteiger partial charge is 0.247 e. The maximum Gasteiger partial charge on any atom is 0.247 e. The van der Waals surface area contributed by atoms with Crippen molar-refractivity contribution in [1.29, 1.82) is 0 Å². The lowest BCUT2D eigenvalue weighted by molar-refractivity contribution is 0.285. The molecule has 0 aliphatic heterocycles. The third-order valence-electron chi connectivity index (χ3n) is 3.09. The van der Waals surface area contributed by atoms with Crippen molar-refractivity contribution < 1.29 is 8.94 Å². The van der Waals surface area contributed by atoms with Gasteiger partial charge in [-0.3, -0.25) is 0 Å². The first kappa shape index (κ1) is 9.59. The average Bonchev–Trinajstić information content (AvgIpc) is 2.98. The highest BCUT2D eigenvalue weighted by Gasteiger charge is 2.37. The summed E-state index contributed by atoms with van der Waals surface area (Å²) in [7, 11) is 0. The first-order valence-corrected chi connectivity index (χ1v) is 5.45. The third-order valence-corrected chi connectivity index (χ3v) is 3.09. The van der Waals surface area contributed by atoms with E-state index in [1.807, 2.05) is 0 Å². The maximum absolute atomic E-state index is 6.22. The summed E-state index contributed by atoms with van der Waals surface area (Å²) in [6.07, 6.45) is 5.64. The highest BCUT2D eigenvalue weighted by atomic mass is 16.5. The quantitative estimate of drug-likeness (QED) is 0.836. The summed E-state index contributed by atoms with van der Waals surface area (Å²) >= 11 is 0. The highest BCUT2D eigenvalue weighted by Crippen LogP contribution is 2.35. The molecule has 2 aromatic heterocycles. The topological polar surface area (TPSA) is 78.1 Å². The van der Waals surface area contributed by atoms with Crippen molar-refractivity contribution in [2.45, 2.75) is 31.2 Å². The molecule has 0 saturated heterocycles. The van der Waals surface area contributed by atoms with Gasteiger partial charge in [-0.1, -0.05) is 18.0 Å². The molecule has 1 fully saturated rings. The maximum atomic E-state index is 6.22. The Bertz CT molecular complexity index is 469. The van der Waals surface area contributed by atoms with Crippen LogP contribution in [0.5, 0.6) is 0 Å². The van der Waals surface area contributed by atoms with Crippen molar-refractivity contribution in [3.05, 3.63) is 24.3 Å². The number of rotatable bonds is 2. The number of nitrogens with zero attached hydrogens (tertiary/aromatic N) is 2. The molecule has 0 radical (unpaired) electrons. The Morgan fingerprint density at radius 1 is 1.31 bits per heavy atom. The molecule has 1 saturated carbocycles. The Balaban J connectivity index is 1.93. The standard InChI is InChI=1S/C11H13N3O2/c12-11(5-1-2-6-11)10-13-9(14-16-10)8-4-3-7-15-8/h3-4,7H,1-2,5-6,12H2. The summed E-state index contributed by atoms with van der Waals surface area (Å²) in [6, 6.07) is 3.59. The lowest BCUT2D eigenvalue weighted by Crippen LogP contribution is -2.33. The van der Waals surface area contributed by atoms with E-state index in [1.165, 1.54) is 0 Å². The molecule has 0 amide bonds. The minimum atomic E-state index is -0.433. The SMILES string of the molecule is NC1(c2nc(-c3ccco3)no2)CCCC1. The Morgan fingerprint density at radius 3 is 2.81 bits per heavy atom. The highest BCUT2D eigenvalue weighted by molar-refractivity contribution is 5.45. The van der Waals surface area contributed by atoms with Crippen LogP contribution < -0.4 is 5.73 Å². The first-order valence-electron chi connectivity index (χ1n) is 5.45. The zero-order valence-corrected chi connectivity index (χ0v) is 8.85. The fourth-order valence-electron chi connectivity index (χ4n) is 2.15. The van der Waals surface area contributed by atoms with E-state index in [9.17, 15) is 0 Å². The van der Waals surface area contributed by atoms with Gasteiger partial charge in [0.25, 0.3) is 0 Å².